The smallest absolute Gasteiger partial charge is 0.316 e. The van der Waals surface area contributed by atoms with E-state index in [0.717, 1.165) is 0 Å². The van der Waals surface area contributed by atoms with Crippen molar-refractivity contribution in [1.82, 2.24) is 4.90 Å². The van der Waals surface area contributed by atoms with Gasteiger partial charge in [0.2, 0.25) is 5.91 Å². The number of hydrogen-bond donors (Lipinski definition) is 1. The van der Waals surface area contributed by atoms with Crippen LogP contribution in [0.25, 0.3) is 0 Å². The number of rotatable bonds is 2. The van der Waals surface area contributed by atoms with Gasteiger partial charge in [-0.3, -0.25) is 9.59 Å². The Balaban J connectivity index is 2.50. The lowest BCUT2D eigenvalue weighted by Gasteiger charge is -2.14. The van der Waals surface area contributed by atoms with E-state index in [2.05, 4.69) is 0 Å². The zero-order chi connectivity index (χ0) is 10.0. The Morgan fingerprint density at radius 2 is 1.85 bits per heavy atom. The van der Waals surface area contributed by atoms with Gasteiger partial charge >= 0.3 is 5.97 Å². The van der Waals surface area contributed by atoms with E-state index in [-0.39, 0.29) is 11.2 Å². The molecule has 0 bridgehead atoms. The normalized spacial score (nSPS) is 27.2. The van der Waals surface area contributed by atoms with E-state index < -0.39 is 11.2 Å². The topological polar surface area (TPSA) is 57.6 Å². The monoisotopic (exact) mass is 203 g/mol. The van der Waals surface area contributed by atoms with Crippen LogP contribution in [0.5, 0.6) is 0 Å². The zero-order valence-electron chi connectivity index (χ0n) is 7.69. The highest BCUT2D eigenvalue weighted by atomic mass is 32.2. The van der Waals surface area contributed by atoms with Crippen LogP contribution in [-0.2, 0) is 9.59 Å². The average Bonchev–Trinajstić information content (AvgIpc) is 2.50. The van der Waals surface area contributed by atoms with Gasteiger partial charge in [-0.25, -0.2) is 0 Å². The van der Waals surface area contributed by atoms with Gasteiger partial charge in [0.25, 0.3) is 0 Å². The fraction of sp³-hybridized carbons (Fsp3) is 0.750. The number of carbonyl (C=O) groups excluding carboxylic acids is 1. The highest BCUT2D eigenvalue weighted by Crippen LogP contribution is 2.34. The van der Waals surface area contributed by atoms with Crippen LogP contribution in [0.2, 0.25) is 0 Å². The fourth-order valence-electron chi connectivity index (χ4n) is 1.29. The maximum absolute atomic E-state index is 11.4. The van der Waals surface area contributed by atoms with Gasteiger partial charge in [-0.15, -0.1) is 11.8 Å². The van der Waals surface area contributed by atoms with Crippen molar-refractivity contribution in [2.45, 2.75) is 23.3 Å². The highest BCUT2D eigenvalue weighted by Gasteiger charge is 2.35. The number of hydrogen-bond acceptors (Lipinski definition) is 3. The summed E-state index contributed by atoms with van der Waals surface area (Å²) in [6, 6.07) is 0. The Morgan fingerprint density at radius 1 is 1.31 bits per heavy atom. The van der Waals surface area contributed by atoms with Crippen LogP contribution < -0.4 is 0 Å². The van der Waals surface area contributed by atoms with Gasteiger partial charge < -0.3 is 10.0 Å². The van der Waals surface area contributed by atoms with Crippen molar-refractivity contribution >= 4 is 23.6 Å². The molecule has 13 heavy (non-hydrogen) atoms. The molecular weight excluding hydrogens is 190 g/mol. The summed E-state index contributed by atoms with van der Waals surface area (Å²) in [5.74, 6) is -0.784. The molecule has 2 atom stereocenters. The summed E-state index contributed by atoms with van der Waals surface area (Å²) in [5.41, 5.74) is 0. The molecule has 0 spiro atoms. The molecule has 1 aliphatic heterocycles. The largest absolute Gasteiger partial charge is 0.480 e. The minimum absolute atomic E-state index is 0.0220. The van der Waals surface area contributed by atoms with Gasteiger partial charge in [0.1, 0.15) is 5.25 Å². The summed E-state index contributed by atoms with van der Waals surface area (Å²) in [6.07, 6.45) is 1.28. The second-order valence-corrected chi connectivity index (χ2v) is 4.67. The number of carboxylic acid groups (broad SMARTS) is 1. The fourth-order valence-corrected chi connectivity index (χ4v) is 2.67. The summed E-state index contributed by atoms with van der Waals surface area (Å²) in [6.45, 7) is 0. The van der Waals surface area contributed by atoms with Crippen LogP contribution in [0.1, 0.15) is 12.8 Å². The Morgan fingerprint density at radius 3 is 2.23 bits per heavy atom. The molecule has 5 heteroatoms. The summed E-state index contributed by atoms with van der Waals surface area (Å²) in [5, 5.41) is 8.15. The molecule has 0 aliphatic carbocycles. The van der Waals surface area contributed by atoms with Crippen LogP contribution in [0.4, 0.5) is 0 Å². The van der Waals surface area contributed by atoms with Gasteiger partial charge in [-0.2, -0.15) is 0 Å². The average molecular weight is 203 g/mol. The highest BCUT2D eigenvalue weighted by molar-refractivity contribution is 8.02. The van der Waals surface area contributed by atoms with Crippen molar-refractivity contribution in [3.05, 3.63) is 0 Å². The lowest BCUT2D eigenvalue weighted by molar-refractivity contribution is -0.136. The van der Waals surface area contributed by atoms with Crippen LogP contribution in [0.15, 0.2) is 0 Å². The molecule has 1 aliphatic rings. The van der Waals surface area contributed by atoms with Crippen LogP contribution in [-0.4, -0.2) is 46.5 Å². The van der Waals surface area contributed by atoms with Gasteiger partial charge in [0.15, 0.2) is 0 Å². The Bertz CT molecular complexity index is 229. The van der Waals surface area contributed by atoms with E-state index in [1.807, 2.05) is 0 Å². The summed E-state index contributed by atoms with van der Waals surface area (Å²) < 4.78 is 0. The van der Waals surface area contributed by atoms with Crippen molar-refractivity contribution in [2.24, 2.45) is 0 Å². The van der Waals surface area contributed by atoms with E-state index in [9.17, 15) is 9.59 Å². The van der Waals surface area contributed by atoms with E-state index in [1.54, 1.807) is 14.1 Å². The molecule has 1 heterocycles. The molecule has 74 valence electrons. The van der Waals surface area contributed by atoms with E-state index in [1.165, 1.54) is 16.7 Å². The van der Waals surface area contributed by atoms with Crippen LogP contribution >= 0.6 is 11.8 Å². The molecule has 1 saturated heterocycles. The molecule has 1 fully saturated rings. The van der Waals surface area contributed by atoms with Gasteiger partial charge in [0, 0.05) is 14.1 Å². The lowest BCUT2D eigenvalue weighted by Crippen LogP contribution is -2.30. The van der Waals surface area contributed by atoms with Crippen molar-refractivity contribution in [2.75, 3.05) is 14.1 Å². The number of carboxylic acids is 1. The van der Waals surface area contributed by atoms with Crippen LogP contribution in [0, 0.1) is 0 Å². The molecule has 0 aromatic heterocycles. The first-order valence-corrected chi connectivity index (χ1v) is 5.06. The number of aliphatic carboxylic acids is 1. The predicted octanol–water partition coefficient (Wildman–Crippen LogP) is 0.423. The first kappa shape index (κ1) is 10.4. The number of amides is 1. The minimum atomic E-state index is -0.806. The van der Waals surface area contributed by atoms with E-state index in [4.69, 9.17) is 5.11 Å². The molecule has 1 amide bonds. The molecule has 2 unspecified atom stereocenters. The molecule has 0 aromatic carbocycles. The maximum atomic E-state index is 11.4. The van der Waals surface area contributed by atoms with Crippen molar-refractivity contribution in [1.29, 1.82) is 0 Å². The first-order valence-electron chi connectivity index (χ1n) is 4.12. The Labute approximate surface area is 81.3 Å². The Kier molecular flexibility index (Phi) is 3.19. The minimum Gasteiger partial charge on any atom is -0.480 e. The second kappa shape index (κ2) is 4.00. The first-order chi connectivity index (χ1) is 6.02. The zero-order valence-corrected chi connectivity index (χ0v) is 8.50. The quantitative estimate of drug-likeness (QED) is 0.706. The summed E-state index contributed by atoms with van der Waals surface area (Å²) in [7, 11) is 3.38. The predicted molar refractivity (Wildman–Crippen MR) is 50.7 cm³/mol. The second-order valence-electron chi connectivity index (χ2n) is 3.26. The maximum Gasteiger partial charge on any atom is 0.316 e. The number of thioether (sulfide) groups is 1. The Hall–Kier alpha value is -0.710. The lowest BCUT2D eigenvalue weighted by atomic mass is 10.2. The van der Waals surface area contributed by atoms with E-state index >= 15 is 0 Å². The summed E-state index contributed by atoms with van der Waals surface area (Å²) in [4.78, 5) is 23.5. The molecule has 0 aromatic rings. The van der Waals surface area contributed by atoms with Gasteiger partial charge in [0.05, 0.1) is 5.25 Å². The molecule has 1 rings (SSSR count). The van der Waals surface area contributed by atoms with Crippen molar-refractivity contribution < 1.29 is 14.7 Å². The molecular formula is C8H13NO3S. The van der Waals surface area contributed by atoms with Crippen molar-refractivity contribution in [3.63, 3.8) is 0 Å². The van der Waals surface area contributed by atoms with Gasteiger partial charge in [-0.05, 0) is 12.8 Å². The number of nitrogens with zero attached hydrogens (tertiary/aromatic N) is 1. The summed E-state index contributed by atoms with van der Waals surface area (Å²) >= 11 is 1.26. The van der Waals surface area contributed by atoms with Crippen LogP contribution in [0.3, 0.4) is 0 Å². The SMILES string of the molecule is CN(C)C(=O)C1CCC(C(=O)O)S1. The molecule has 1 N–H and O–H groups in total. The van der Waals surface area contributed by atoms with Gasteiger partial charge in [-0.1, -0.05) is 0 Å². The molecule has 0 radical (unpaired) electrons. The third kappa shape index (κ3) is 2.37. The number of carbonyl (C=O) groups is 2. The molecule has 4 nitrogen and oxygen atoms in total. The third-order valence-corrected chi connectivity index (χ3v) is 3.54. The van der Waals surface area contributed by atoms with E-state index in [0.29, 0.717) is 12.8 Å². The third-order valence-electron chi connectivity index (χ3n) is 2.01. The standard InChI is InChI=1S/C8H13NO3S/c1-9(2)7(10)5-3-4-6(13-5)8(11)12/h5-6H,3-4H2,1-2H3,(H,11,12). The van der Waals surface area contributed by atoms with Crippen molar-refractivity contribution in [3.8, 4) is 0 Å². The molecule has 0 saturated carbocycles.